The van der Waals surface area contributed by atoms with Gasteiger partial charge in [0, 0.05) is 0 Å². The van der Waals surface area contributed by atoms with Crippen LogP contribution in [0.2, 0.25) is 0 Å². The molecule has 4 nitrogen and oxygen atoms in total. The molecule has 0 aromatic carbocycles. The van der Waals surface area contributed by atoms with Crippen LogP contribution in [0.4, 0.5) is 4.20 Å². The molecule has 0 rings (SSSR count). The van der Waals surface area contributed by atoms with Gasteiger partial charge in [-0.2, -0.15) is 0 Å². The standard InChI is InChI=1S/FH2P.H4O4Si/c1-2;1-5(2,3)4/h2H2;1-4H. The Morgan fingerprint density at radius 2 is 1.00 bits per heavy atom. The summed E-state index contributed by atoms with van der Waals surface area (Å²) in [6.07, 6.45) is 0. The smallest absolute Gasteiger partial charge is 0.368 e. The van der Waals surface area contributed by atoms with Crippen LogP contribution in [0.3, 0.4) is 0 Å². The van der Waals surface area contributed by atoms with E-state index in [4.69, 9.17) is 19.2 Å². The summed E-state index contributed by atoms with van der Waals surface area (Å²) < 4.78 is 9.42. The number of hydrogen-bond acceptors (Lipinski definition) is 4. The largest absolute Gasteiger partial charge is 0.668 e. The van der Waals surface area contributed by atoms with Crippen molar-refractivity contribution in [1.82, 2.24) is 0 Å². The Hall–Kier alpha value is 0.417. The van der Waals surface area contributed by atoms with Crippen LogP contribution in [0.25, 0.3) is 0 Å². The molecule has 0 aromatic rings. The lowest BCUT2D eigenvalue weighted by Crippen LogP contribution is -2.33. The predicted molar refractivity (Wildman–Crippen MR) is 25.4 cm³/mol. The summed E-state index contributed by atoms with van der Waals surface area (Å²) in [6.45, 7) is 0. The summed E-state index contributed by atoms with van der Waals surface area (Å²) in [5.41, 5.74) is 0. The topological polar surface area (TPSA) is 80.9 Å². The Morgan fingerprint density at radius 3 is 1.00 bits per heavy atom. The third kappa shape index (κ3) is 720. The molecule has 4 N–H and O–H groups in total. The van der Waals surface area contributed by atoms with Gasteiger partial charge in [-0.1, -0.05) is 0 Å². The zero-order valence-electron chi connectivity index (χ0n) is 3.24. The summed E-state index contributed by atoms with van der Waals surface area (Å²) in [5, 5.41) is 0. The van der Waals surface area contributed by atoms with E-state index in [0.717, 1.165) is 9.55 Å². The second-order valence-corrected chi connectivity index (χ2v) is 1.80. The van der Waals surface area contributed by atoms with Crippen molar-refractivity contribution in [1.29, 1.82) is 0 Å². The SMILES string of the molecule is FP.O[Si](O)(O)O. The highest BCUT2D eigenvalue weighted by molar-refractivity contribution is 7.09. The lowest BCUT2D eigenvalue weighted by Gasteiger charge is -1.91. The summed E-state index contributed by atoms with van der Waals surface area (Å²) in [5.74, 6) is 0. The Bertz CT molecular complexity index is 27.2. The highest BCUT2D eigenvalue weighted by Gasteiger charge is 2.22. The molecule has 46 valence electrons. The molecule has 0 aliphatic heterocycles. The minimum absolute atomic E-state index is 0.917. The van der Waals surface area contributed by atoms with Crippen LogP contribution in [-0.2, 0) is 0 Å². The molecule has 1 unspecified atom stereocenters. The fourth-order valence-corrected chi connectivity index (χ4v) is 0. The van der Waals surface area contributed by atoms with Gasteiger partial charge in [0.2, 0.25) is 0 Å². The van der Waals surface area contributed by atoms with Crippen LogP contribution in [-0.4, -0.2) is 28.2 Å². The molecular weight excluding hydrogens is 142 g/mol. The van der Waals surface area contributed by atoms with Gasteiger partial charge in [0.15, 0.2) is 0 Å². The van der Waals surface area contributed by atoms with Crippen molar-refractivity contribution in [2.45, 2.75) is 0 Å². The van der Waals surface area contributed by atoms with Crippen LogP contribution in [0.15, 0.2) is 0 Å². The van der Waals surface area contributed by atoms with Crippen LogP contribution in [0, 0.1) is 0 Å². The van der Waals surface area contributed by atoms with Gasteiger partial charge >= 0.3 is 9.05 Å². The van der Waals surface area contributed by atoms with E-state index in [0.29, 0.717) is 0 Å². The van der Waals surface area contributed by atoms with E-state index in [1.807, 2.05) is 0 Å². The monoisotopic (exact) mass is 148 g/mol. The Balaban J connectivity index is 0. The predicted octanol–water partition coefficient (Wildman–Crippen LogP) is -1.86. The van der Waals surface area contributed by atoms with Crippen LogP contribution in [0.5, 0.6) is 0 Å². The summed E-state index contributed by atoms with van der Waals surface area (Å²) in [4.78, 5) is 29.3. The third-order valence-electron chi connectivity index (χ3n) is 0. The molecule has 0 aromatic heterocycles. The lowest BCUT2D eigenvalue weighted by molar-refractivity contribution is 0.117. The lowest BCUT2D eigenvalue weighted by atomic mass is 15.7. The molecule has 0 aliphatic carbocycles. The maximum Gasteiger partial charge on any atom is 0.668 e. The summed E-state index contributed by atoms with van der Waals surface area (Å²) in [6, 6.07) is 0. The first-order valence-corrected chi connectivity index (χ1v) is 3.34. The normalized spacial score (nSPS) is 9.43. The number of rotatable bonds is 0. The van der Waals surface area contributed by atoms with Gasteiger partial charge in [-0.05, 0) is 0 Å². The van der Waals surface area contributed by atoms with Crippen molar-refractivity contribution in [3.63, 3.8) is 0 Å². The molecule has 0 aliphatic rings. The first-order valence-electron chi connectivity index (χ1n) is 1.11. The van der Waals surface area contributed by atoms with Crippen molar-refractivity contribution >= 4 is 18.6 Å². The Labute approximate surface area is 43.0 Å². The van der Waals surface area contributed by atoms with Crippen molar-refractivity contribution in [3.05, 3.63) is 0 Å². The molecule has 0 saturated heterocycles. The maximum atomic E-state index is 9.42. The molecular formula is H6FO4PSi. The van der Waals surface area contributed by atoms with E-state index in [1.54, 1.807) is 0 Å². The highest BCUT2D eigenvalue weighted by atomic mass is 31.1. The van der Waals surface area contributed by atoms with Crippen molar-refractivity contribution in [2.75, 3.05) is 0 Å². The molecule has 0 amide bonds. The maximum absolute atomic E-state index is 9.42. The molecule has 7 heavy (non-hydrogen) atoms. The summed E-state index contributed by atoms with van der Waals surface area (Å²) >= 11 is 0. The fourth-order valence-electron chi connectivity index (χ4n) is 0. The van der Waals surface area contributed by atoms with Crippen LogP contribution < -0.4 is 0 Å². The van der Waals surface area contributed by atoms with Gasteiger partial charge in [-0.3, -0.25) is 0 Å². The molecule has 7 heteroatoms. The van der Waals surface area contributed by atoms with Crippen LogP contribution in [0.1, 0.15) is 0 Å². The van der Waals surface area contributed by atoms with Crippen molar-refractivity contribution in [2.24, 2.45) is 0 Å². The van der Waals surface area contributed by atoms with E-state index in [-0.39, 0.29) is 0 Å². The number of halogens is 1. The van der Waals surface area contributed by atoms with Gasteiger partial charge in [0.25, 0.3) is 0 Å². The second kappa shape index (κ2) is 4.57. The Morgan fingerprint density at radius 1 is 1.00 bits per heavy atom. The van der Waals surface area contributed by atoms with Gasteiger partial charge in [-0.25, -0.2) is 4.20 Å². The van der Waals surface area contributed by atoms with E-state index in [1.165, 1.54) is 0 Å². The molecule has 0 bridgehead atoms. The number of hydrogen-bond donors (Lipinski definition) is 4. The zero-order chi connectivity index (χ0) is 6.50. The molecule has 0 heterocycles. The quantitative estimate of drug-likeness (QED) is 0.240. The highest BCUT2D eigenvalue weighted by Crippen LogP contribution is 1.67. The van der Waals surface area contributed by atoms with E-state index in [2.05, 4.69) is 0 Å². The molecule has 0 saturated carbocycles. The van der Waals surface area contributed by atoms with Gasteiger partial charge < -0.3 is 19.2 Å². The fraction of sp³-hybridized carbons (Fsp3) is 0. The van der Waals surface area contributed by atoms with Crippen LogP contribution >= 0.6 is 9.55 Å². The van der Waals surface area contributed by atoms with Gasteiger partial charge in [0.1, 0.15) is 0 Å². The molecule has 1 atom stereocenters. The van der Waals surface area contributed by atoms with E-state index < -0.39 is 9.05 Å². The molecule has 0 radical (unpaired) electrons. The van der Waals surface area contributed by atoms with Crippen molar-refractivity contribution < 1.29 is 23.4 Å². The second-order valence-electron chi connectivity index (χ2n) is 0.600. The minimum Gasteiger partial charge on any atom is -0.368 e. The first-order chi connectivity index (χ1) is 3.00. The molecule has 0 fully saturated rings. The van der Waals surface area contributed by atoms with E-state index in [9.17, 15) is 4.20 Å². The van der Waals surface area contributed by atoms with E-state index >= 15 is 0 Å². The van der Waals surface area contributed by atoms with Crippen molar-refractivity contribution in [3.8, 4) is 0 Å². The average molecular weight is 148 g/mol. The summed E-state index contributed by atoms with van der Waals surface area (Å²) in [7, 11) is -3.69. The van der Waals surface area contributed by atoms with Gasteiger partial charge in [0.05, 0.1) is 9.55 Å². The Kier molecular flexibility index (Phi) is 6.80. The first kappa shape index (κ1) is 10.4. The zero-order valence-corrected chi connectivity index (χ0v) is 5.40. The average Bonchev–Trinajstić information content (AvgIpc) is 1.36. The van der Waals surface area contributed by atoms with Gasteiger partial charge in [-0.15, -0.1) is 0 Å². The third-order valence-corrected chi connectivity index (χ3v) is 0. The minimum atomic E-state index is -4.61. The molecule has 0 spiro atoms.